The molecule has 7 nitrogen and oxygen atoms in total. The molecule has 0 aliphatic heterocycles. The van der Waals surface area contributed by atoms with Crippen LogP contribution in [0.1, 0.15) is 36.7 Å². The lowest BCUT2D eigenvalue weighted by Crippen LogP contribution is -2.49. The Morgan fingerprint density at radius 3 is 2.21 bits per heavy atom. The van der Waals surface area contributed by atoms with Gasteiger partial charge in [0, 0.05) is 17.8 Å². The lowest BCUT2D eigenvalue weighted by Gasteiger charge is -2.20. The van der Waals surface area contributed by atoms with Gasteiger partial charge >= 0.3 is 6.03 Å². The summed E-state index contributed by atoms with van der Waals surface area (Å²) >= 11 is 0. The number of hydrogen-bond donors (Lipinski definition) is 4. The van der Waals surface area contributed by atoms with Gasteiger partial charge in [0.2, 0.25) is 5.91 Å². The summed E-state index contributed by atoms with van der Waals surface area (Å²) in [5, 5.41) is 10.7. The fourth-order valence-electron chi connectivity index (χ4n) is 2.43. The first-order chi connectivity index (χ1) is 13.2. The molecular weight excluding hydrogens is 356 g/mol. The lowest BCUT2D eigenvalue weighted by atomic mass is 10.1. The van der Waals surface area contributed by atoms with Crippen molar-refractivity contribution in [2.75, 3.05) is 11.9 Å². The lowest BCUT2D eigenvalue weighted by molar-refractivity contribution is -0.118. The van der Waals surface area contributed by atoms with Crippen LogP contribution in [-0.4, -0.2) is 29.9 Å². The van der Waals surface area contributed by atoms with Crippen LogP contribution in [0.3, 0.4) is 0 Å². The van der Waals surface area contributed by atoms with Gasteiger partial charge in [-0.3, -0.25) is 14.9 Å². The van der Waals surface area contributed by atoms with Gasteiger partial charge in [0.1, 0.15) is 0 Å². The predicted molar refractivity (Wildman–Crippen MR) is 109 cm³/mol. The third-order valence-corrected chi connectivity index (χ3v) is 3.65. The Kier molecular flexibility index (Phi) is 7.14. The minimum absolute atomic E-state index is 0.138. The Morgan fingerprint density at radius 2 is 1.54 bits per heavy atom. The largest absolute Gasteiger partial charge is 0.375 e. The summed E-state index contributed by atoms with van der Waals surface area (Å²) in [5.74, 6) is -0.751. The van der Waals surface area contributed by atoms with Gasteiger partial charge in [-0.25, -0.2) is 4.79 Å². The summed E-state index contributed by atoms with van der Waals surface area (Å²) in [4.78, 5) is 36.2. The molecular formula is C21H26N4O3. The van der Waals surface area contributed by atoms with E-state index in [9.17, 15) is 14.4 Å². The molecule has 2 aromatic carbocycles. The smallest absolute Gasteiger partial charge is 0.321 e. The molecule has 148 valence electrons. The van der Waals surface area contributed by atoms with Gasteiger partial charge in [0.05, 0.1) is 12.1 Å². The molecule has 0 aliphatic rings. The number of carbonyl (C=O) groups is 3. The number of nitrogens with one attached hydrogen (secondary N) is 4. The number of carbonyl (C=O) groups excluding carboxylic acids is 3. The highest BCUT2D eigenvalue weighted by Crippen LogP contribution is 2.15. The Bertz CT molecular complexity index is 829. The molecule has 0 fully saturated rings. The maximum atomic E-state index is 12.5. The van der Waals surface area contributed by atoms with Crippen molar-refractivity contribution in [2.24, 2.45) is 0 Å². The van der Waals surface area contributed by atoms with E-state index in [4.69, 9.17) is 0 Å². The molecule has 4 N–H and O–H groups in total. The van der Waals surface area contributed by atoms with E-state index in [1.807, 2.05) is 51.1 Å². The van der Waals surface area contributed by atoms with E-state index >= 15 is 0 Å². The predicted octanol–water partition coefficient (Wildman–Crippen LogP) is 2.65. The molecule has 0 radical (unpaired) electrons. The van der Waals surface area contributed by atoms with Gasteiger partial charge in [-0.15, -0.1) is 0 Å². The molecule has 28 heavy (non-hydrogen) atoms. The average Bonchev–Trinajstić information content (AvgIpc) is 2.64. The van der Waals surface area contributed by atoms with Crippen LogP contribution in [0.15, 0.2) is 54.6 Å². The summed E-state index contributed by atoms with van der Waals surface area (Å²) < 4.78 is 0. The van der Waals surface area contributed by atoms with Crippen molar-refractivity contribution in [1.29, 1.82) is 0 Å². The van der Waals surface area contributed by atoms with Crippen molar-refractivity contribution in [3.63, 3.8) is 0 Å². The number of amides is 4. The van der Waals surface area contributed by atoms with Crippen molar-refractivity contribution in [3.8, 4) is 0 Å². The summed E-state index contributed by atoms with van der Waals surface area (Å²) in [7, 11) is 0. The first-order valence-corrected chi connectivity index (χ1v) is 9.01. The number of anilines is 1. The Balaban J connectivity index is 1.91. The Hall–Kier alpha value is -3.35. The van der Waals surface area contributed by atoms with Gasteiger partial charge < -0.3 is 16.0 Å². The second kappa shape index (κ2) is 9.55. The first kappa shape index (κ1) is 21.0. The average molecular weight is 382 g/mol. The van der Waals surface area contributed by atoms with E-state index in [1.54, 1.807) is 24.3 Å². The second-order valence-corrected chi connectivity index (χ2v) is 7.32. The highest BCUT2D eigenvalue weighted by molar-refractivity contribution is 6.01. The van der Waals surface area contributed by atoms with Crippen molar-refractivity contribution in [2.45, 2.75) is 32.9 Å². The van der Waals surface area contributed by atoms with Crippen molar-refractivity contribution in [3.05, 3.63) is 65.7 Å². The van der Waals surface area contributed by atoms with Crippen LogP contribution in [-0.2, 0) is 11.3 Å². The number of urea groups is 1. The zero-order valence-corrected chi connectivity index (χ0v) is 16.3. The molecule has 0 saturated heterocycles. The van der Waals surface area contributed by atoms with Crippen LogP contribution in [0.25, 0.3) is 0 Å². The number of hydrogen-bond acceptors (Lipinski definition) is 4. The maximum absolute atomic E-state index is 12.5. The zero-order chi connectivity index (χ0) is 20.6. The van der Waals surface area contributed by atoms with E-state index in [-0.39, 0.29) is 12.5 Å². The molecule has 7 heteroatoms. The number of benzene rings is 2. The van der Waals surface area contributed by atoms with E-state index < -0.39 is 17.5 Å². The quantitative estimate of drug-likeness (QED) is 0.617. The molecule has 4 amide bonds. The van der Waals surface area contributed by atoms with Crippen molar-refractivity contribution < 1.29 is 14.4 Å². The third kappa shape index (κ3) is 7.11. The maximum Gasteiger partial charge on any atom is 0.321 e. The van der Waals surface area contributed by atoms with Gasteiger partial charge in [-0.05, 0) is 38.5 Å². The van der Waals surface area contributed by atoms with Crippen LogP contribution < -0.4 is 21.3 Å². The fraction of sp³-hybridized carbons (Fsp3) is 0.286. The highest BCUT2D eigenvalue weighted by atomic mass is 16.2. The van der Waals surface area contributed by atoms with Gasteiger partial charge in [0.25, 0.3) is 5.91 Å². The number of rotatable bonds is 6. The molecule has 0 spiro atoms. The highest BCUT2D eigenvalue weighted by Gasteiger charge is 2.16. The van der Waals surface area contributed by atoms with Crippen LogP contribution in [0, 0.1) is 0 Å². The normalized spacial score (nSPS) is 10.7. The molecule has 0 unspecified atom stereocenters. The number of imide groups is 1. The van der Waals surface area contributed by atoms with E-state index in [0.717, 1.165) is 5.56 Å². The van der Waals surface area contributed by atoms with E-state index in [0.29, 0.717) is 17.8 Å². The standard InChI is InChI=1S/C21H26N4O3/c1-21(2,3)25-20(28)24-18(26)14-22-17-12-8-7-11-16(17)19(27)23-13-15-9-5-4-6-10-15/h4-12,22H,13-14H2,1-3H3,(H,23,27)(H2,24,25,26,28). The Labute approximate surface area is 164 Å². The molecule has 0 aromatic heterocycles. The van der Waals surface area contributed by atoms with Gasteiger partial charge in [-0.2, -0.15) is 0 Å². The fourth-order valence-corrected chi connectivity index (χ4v) is 2.43. The Morgan fingerprint density at radius 1 is 0.893 bits per heavy atom. The van der Waals surface area contributed by atoms with Crippen LogP contribution in [0.5, 0.6) is 0 Å². The molecule has 2 rings (SSSR count). The molecule has 0 saturated carbocycles. The van der Waals surface area contributed by atoms with Crippen LogP contribution >= 0.6 is 0 Å². The monoisotopic (exact) mass is 382 g/mol. The summed E-state index contributed by atoms with van der Waals surface area (Å²) in [5.41, 5.74) is 1.48. The topological polar surface area (TPSA) is 99.3 Å². The molecule has 0 atom stereocenters. The summed E-state index contributed by atoms with van der Waals surface area (Å²) in [6, 6.07) is 15.9. The summed E-state index contributed by atoms with van der Waals surface area (Å²) in [6.07, 6.45) is 0. The van der Waals surface area contributed by atoms with Crippen LogP contribution in [0.2, 0.25) is 0 Å². The molecule has 0 heterocycles. The minimum atomic E-state index is -0.562. The molecule has 0 bridgehead atoms. The van der Waals surface area contributed by atoms with E-state index in [1.165, 1.54) is 0 Å². The van der Waals surface area contributed by atoms with E-state index in [2.05, 4.69) is 21.3 Å². The van der Waals surface area contributed by atoms with Crippen molar-refractivity contribution in [1.82, 2.24) is 16.0 Å². The van der Waals surface area contributed by atoms with Crippen LogP contribution in [0.4, 0.5) is 10.5 Å². The molecule has 2 aromatic rings. The summed E-state index contributed by atoms with van der Waals surface area (Å²) in [6.45, 7) is 5.72. The first-order valence-electron chi connectivity index (χ1n) is 9.01. The molecule has 0 aliphatic carbocycles. The van der Waals surface area contributed by atoms with Gasteiger partial charge in [-0.1, -0.05) is 42.5 Å². The SMILES string of the molecule is CC(C)(C)NC(=O)NC(=O)CNc1ccccc1C(=O)NCc1ccccc1. The van der Waals surface area contributed by atoms with Gasteiger partial charge in [0.15, 0.2) is 0 Å². The third-order valence-electron chi connectivity index (χ3n) is 3.65. The second-order valence-electron chi connectivity index (χ2n) is 7.32. The zero-order valence-electron chi connectivity index (χ0n) is 16.3. The number of para-hydroxylation sites is 1. The van der Waals surface area contributed by atoms with Crippen molar-refractivity contribution >= 4 is 23.5 Å². The minimum Gasteiger partial charge on any atom is -0.375 e.